The van der Waals surface area contributed by atoms with Crippen LogP contribution in [0.3, 0.4) is 0 Å². The van der Waals surface area contributed by atoms with Gasteiger partial charge in [0.15, 0.2) is 0 Å². The number of nitrogens with one attached hydrogen (secondary N) is 2. The number of nitrogens with zero attached hydrogens (tertiary/aromatic N) is 1. The van der Waals surface area contributed by atoms with Crippen LogP contribution in [0.25, 0.3) is 0 Å². The quantitative estimate of drug-likeness (QED) is 0.798. The van der Waals surface area contributed by atoms with Crippen molar-refractivity contribution >= 4 is 23.1 Å². The highest BCUT2D eigenvalue weighted by Gasteiger charge is 2.20. The topological polar surface area (TPSA) is 63.2 Å². The molecule has 2 aromatic rings. The van der Waals surface area contributed by atoms with Crippen LogP contribution < -0.4 is 10.6 Å². The lowest BCUT2D eigenvalue weighted by atomic mass is 10.2. The van der Waals surface area contributed by atoms with Crippen LogP contribution in [-0.4, -0.2) is 30.6 Å². The van der Waals surface area contributed by atoms with Crippen LogP contribution in [0.2, 0.25) is 0 Å². The highest BCUT2D eigenvalue weighted by atomic mass is 32.1. The lowest BCUT2D eigenvalue weighted by molar-refractivity contribution is 0.0959. The van der Waals surface area contributed by atoms with Crippen molar-refractivity contribution < 1.29 is 9.53 Å². The first-order valence-electron chi connectivity index (χ1n) is 7.88. The summed E-state index contributed by atoms with van der Waals surface area (Å²) in [6.07, 6.45) is 4.10. The van der Waals surface area contributed by atoms with E-state index in [1.807, 2.05) is 31.2 Å². The van der Waals surface area contributed by atoms with E-state index in [0.29, 0.717) is 13.1 Å². The number of aromatic nitrogens is 1. The minimum Gasteiger partial charge on any atom is -0.373 e. The van der Waals surface area contributed by atoms with E-state index in [0.717, 1.165) is 40.6 Å². The van der Waals surface area contributed by atoms with Crippen molar-refractivity contribution in [1.82, 2.24) is 10.3 Å². The van der Waals surface area contributed by atoms with E-state index >= 15 is 0 Å². The Balaban J connectivity index is 1.44. The van der Waals surface area contributed by atoms with Crippen LogP contribution in [0.4, 0.5) is 5.82 Å². The van der Waals surface area contributed by atoms with Gasteiger partial charge in [0.05, 0.1) is 11.0 Å². The molecule has 0 unspecified atom stereocenters. The Labute approximate surface area is 140 Å². The van der Waals surface area contributed by atoms with Crippen molar-refractivity contribution in [2.24, 2.45) is 0 Å². The molecule has 0 spiro atoms. The summed E-state index contributed by atoms with van der Waals surface area (Å²) in [6.45, 7) is 4.05. The van der Waals surface area contributed by atoms with Gasteiger partial charge in [0.25, 0.3) is 5.91 Å². The molecule has 1 aliphatic rings. The summed E-state index contributed by atoms with van der Waals surface area (Å²) in [5.41, 5.74) is 1.16. The normalized spacial score (nSPS) is 17.2. The fourth-order valence-corrected chi connectivity index (χ4v) is 3.54. The third-order valence-corrected chi connectivity index (χ3v) is 4.91. The highest BCUT2D eigenvalue weighted by molar-refractivity contribution is 7.14. The molecule has 0 aromatic carbocycles. The minimum absolute atomic E-state index is 0.0294. The summed E-state index contributed by atoms with van der Waals surface area (Å²) >= 11 is 1.52. The number of hydrogen-bond acceptors (Lipinski definition) is 5. The van der Waals surface area contributed by atoms with E-state index in [2.05, 4.69) is 15.6 Å². The molecule has 1 atom stereocenters. The molecule has 5 nitrogen and oxygen atoms in total. The molecule has 23 heavy (non-hydrogen) atoms. The summed E-state index contributed by atoms with van der Waals surface area (Å²) in [7, 11) is 0. The van der Waals surface area contributed by atoms with Gasteiger partial charge in [0.1, 0.15) is 5.82 Å². The zero-order valence-corrected chi connectivity index (χ0v) is 14.0. The Hall–Kier alpha value is -1.92. The molecule has 2 aromatic heterocycles. The van der Waals surface area contributed by atoms with Gasteiger partial charge in [-0.25, -0.2) is 4.98 Å². The summed E-state index contributed by atoms with van der Waals surface area (Å²) < 4.78 is 5.65. The van der Waals surface area contributed by atoms with Crippen LogP contribution in [-0.2, 0) is 4.74 Å². The van der Waals surface area contributed by atoms with Gasteiger partial charge in [0.2, 0.25) is 0 Å². The first-order chi connectivity index (χ1) is 11.2. The minimum atomic E-state index is -0.0294. The van der Waals surface area contributed by atoms with Crippen molar-refractivity contribution in [2.45, 2.75) is 25.9 Å². The zero-order valence-electron chi connectivity index (χ0n) is 13.2. The maximum Gasteiger partial charge on any atom is 0.261 e. The monoisotopic (exact) mass is 331 g/mol. The van der Waals surface area contributed by atoms with E-state index in [4.69, 9.17) is 4.74 Å². The predicted octanol–water partition coefficient (Wildman–Crippen LogP) is 3.14. The summed E-state index contributed by atoms with van der Waals surface area (Å²) in [5.74, 6) is 0.800. The molecule has 1 amide bonds. The first-order valence-corrected chi connectivity index (χ1v) is 8.70. The van der Waals surface area contributed by atoms with Crippen molar-refractivity contribution in [2.75, 3.05) is 25.0 Å². The van der Waals surface area contributed by atoms with Crippen molar-refractivity contribution in [1.29, 1.82) is 0 Å². The van der Waals surface area contributed by atoms with E-state index in [1.54, 1.807) is 6.20 Å². The van der Waals surface area contributed by atoms with Gasteiger partial charge >= 0.3 is 0 Å². The smallest absolute Gasteiger partial charge is 0.261 e. The summed E-state index contributed by atoms with van der Waals surface area (Å²) in [5, 5.41) is 6.13. The van der Waals surface area contributed by atoms with E-state index in [9.17, 15) is 4.79 Å². The number of rotatable bonds is 6. The molecule has 122 valence electrons. The first kappa shape index (κ1) is 16.0. The largest absolute Gasteiger partial charge is 0.373 e. The van der Waals surface area contributed by atoms with Gasteiger partial charge < -0.3 is 15.4 Å². The van der Waals surface area contributed by atoms with Crippen molar-refractivity contribution in [3.05, 3.63) is 45.8 Å². The fourth-order valence-electron chi connectivity index (χ4n) is 2.54. The zero-order chi connectivity index (χ0) is 16.1. The Morgan fingerprint density at radius 3 is 3.09 bits per heavy atom. The Morgan fingerprint density at radius 2 is 2.30 bits per heavy atom. The Morgan fingerprint density at radius 1 is 1.39 bits per heavy atom. The second-order valence-corrected chi connectivity index (χ2v) is 6.72. The maximum atomic E-state index is 12.2. The highest BCUT2D eigenvalue weighted by Crippen LogP contribution is 2.33. The Bertz CT molecular complexity index is 665. The molecule has 2 N–H and O–H groups in total. The van der Waals surface area contributed by atoms with Crippen LogP contribution in [0.15, 0.2) is 30.5 Å². The molecule has 1 saturated heterocycles. The lowest BCUT2D eigenvalue weighted by Gasteiger charge is -2.07. The average Bonchev–Trinajstić information content (AvgIpc) is 3.21. The standard InChI is InChI=1S/C17H21N3O2S/c1-12-6-7-18-16(11-12)19-8-9-20-17(21)15-5-4-14(23-15)13-3-2-10-22-13/h4-7,11,13H,2-3,8-10H2,1H3,(H,18,19)(H,20,21)/t13-/m0/s1. The molecule has 0 radical (unpaired) electrons. The maximum absolute atomic E-state index is 12.2. The Kier molecular flexibility index (Phi) is 5.25. The molecule has 0 saturated carbocycles. The van der Waals surface area contributed by atoms with E-state index in [-0.39, 0.29) is 12.0 Å². The fraction of sp³-hybridized carbons (Fsp3) is 0.412. The number of aryl methyl sites for hydroxylation is 1. The summed E-state index contributed by atoms with van der Waals surface area (Å²) in [6, 6.07) is 7.82. The second-order valence-electron chi connectivity index (χ2n) is 5.60. The number of carbonyl (C=O) groups is 1. The number of pyridine rings is 1. The van der Waals surface area contributed by atoms with Crippen molar-refractivity contribution in [3.8, 4) is 0 Å². The molecular weight excluding hydrogens is 310 g/mol. The summed E-state index contributed by atoms with van der Waals surface area (Å²) in [4.78, 5) is 18.3. The third-order valence-electron chi connectivity index (χ3n) is 3.73. The van der Waals surface area contributed by atoms with Gasteiger partial charge in [-0.2, -0.15) is 0 Å². The van der Waals surface area contributed by atoms with Gasteiger partial charge in [0, 0.05) is 30.8 Å². The van der Waals surface area contributed by atoms with Gasteiger partial charge in [-0.15, -0.1) is 11.3 Å². The molecule has 3 heterocycles. The van der Waals surface area contributed by atoms with Crippen LogP contribution >= 0.6 is 11.3 Å². The third kappa shape index (κ3) is 4.30. The molecule has 1 fully saturated rings. The molecule has 1 aliphatic heterocycles. The SMILES string of the molecule is Cc1ccnc(NCCNC(=O)c2ccc([C@@H]3CCCO3)s2)c1. The van der Waals surface area contributed by atoms with Crippen LogP contribution in [0.5, 0.6) is 0 Å². The molecular formula is C17H21N3O2S. The number of thiophene rings is 1. The van der Waals surface area contributed by atoms with Gasteiger partial charge in [-0.05, 0) is 49.6 Å². The second kappa shape index (κ2) is 7.57. The number of ether oxygens (including phenoxy) is 1. The van der Waals surface area contributed by atoms with Crippen molar-refractivity contribution in [3.63, 3.8) is 0 Å². The number of amides is 1. The molecule has 0 aliphatic carbocycles. The molecule has 6 heteroatoms. The number of hydrogen-bond donors (Lipinski definition) is 2. The molecule has 3 rings (SSSR count). The lowest BCUT2D eigenvalue weighted by Crippen LogP contribution is -2.28. The van der Waals surface area contributed by atoms with Gasteiger partial charge in [-0.1, -0.05) is 0 Å². The number of carbonyl (C=O) groups excluding carboxylic acids is 1. The predicted molar refractivity (Wildman–Crippen MR) is 92.0 cm³/mol. The van der Waals surface area contributed by atoms with E-state index < -0.39 is 0 Å². The van der Waals surface area contributed by atoms with Gasteiger partial charge in [-0.3, -0.25) is 4.79 Å². The van der Waals surface area contributed by atoms with Crippen LogP contribution in [0.1, 0.15) is 39.1 Å². The van der Waals surface area contributed by atoms with Crippen LogP contribution in [0, 0.1) is 6.92 Å². The average molecular weight is 331 g/mol. The molecule has 0 bridgehead atoms. The number of anilines is 1. The van der Waals surface area contributed by atoms with E-state index in [1.165, 1.54) is 11.3 Å².